The molecule has 6 saturated carbocycles. The maximum Gasteiger partial charge on any atom is 0.333 e. The van der Waals surface area contributed by atoms with E-state index in [2.05, 4.69) is 168 Å². The molecule has 3 aromatic heterocycles. The minimum atomic E-state index is -0.0332. The minimum Gasteiger partial charge on any atom is -0.375 e. The Balaban J connectivity index is 0.997. The van der Waals surface area contributed by atoms with Gasteiger partial charge in [0.1, 0.15) is 0 Å². The molecule has 2 unspecified atom stereocenters. The van der Waals surface area contributed by atoms with Crippen LogP contribution in [0.5, 0.6) is 0 Å². The van der Waals surface area contributed by atoms with Crippen LogP contribution in [0.25, 0.3) is 90.1 Å². The van der Waals surface area contributed by atoms with E-state index in [0.29, 0.717) is 0 Å². The Labute approximate surface area is 435 Å². The van der Waals surface area contributed by atoms with Crippen molar-refractivity contribution in [3.8, 4) is 27.9 Å². The third-order valence-electron chi connectivity index (χ3n) is 20.9. The van der Waals surface area contributed by atoms with E-state index >= 15 is 0 Å². The molecule has 354 valence electrons. The molecule has 6 bridgehead atoms. The Kier molecular flexibility index (Phi) is 8.24. The smallest absolute Gasteiger partial charge is 0.333 e. The molecule has 2 nitrogen and oxygen atoms in total. The zero-order chi connectivity index (χ0) is 47.5. The summed E-state index contributed by atoms with van der Waals surface area (Å²) in [5, 5.41) is 8.47. The summed E-state index contributed by atoms with van der Waals surface area (Å²) in [5.41, 5.74) is 18.9. The number of thiophene rings is 2. The molecular formula is C68H57BN2S2. The van der Waals surface area contributed by atoms with Gasteiger partial charge in [0.25, 0.3) is 0 Å². The predicted octanol–water partition coefficient (Wildman–Crippen LogP) is 17.7. The van der Waals surface area contributed by atoms with Crippen molar-refractivity contribution < 1.29 is 0 Å². The molecule has 6 fully saturated rings. The number of nitrogens with zero attached hydrogens (tertiary/aromatic N) is 2. The average Bonchev–Trinajstić information content (AvgIpc) is 4.20. The molecule has 5 heteroatoms. The molecule has 0 amide bonds. The molecule has 6 aliphatic carbocycles. The van der Waals surface area contributed by atoms with Gasteiger partial charge in [-0.05, 0) is 192 Å². The van der Waals surface area contributed by atoms with Crippen LogP contribution in [-0.4, -0.2) is 11.4 Å². The van der Waals surface area contributed by atoms with Crippen LogP contribution in [0.2, 0.25) is 0 Å². The Morgan fingerprint density at radius 3 is 1.85 bits per heavy atom. The van der Waals surface area contributed by atoms with Crippen LogP contribution in [0.3, 0.4) is 0 Å². The summed E-state index contributed by atoms with van der Waals surface area (Å²) < 4.78 is 8.38. The first kappa shape index (κ1) is 41.2. The molecule has 0 N–H and O–H groups in total. The van der Waals surface area contributed by atoms with Gasteiger partial charge in [-0.15, -0.1) is 22.7 Å². The van der Waals surface area contributed by atoms with Crippen LogP contribution in [0.4, 0.5) is 11.4 Å². The van der Waals surface area contributed by atoms with Crippen molar-refractivity contribution in [3.05, 3.63) is 163 Å². The third kappa shape index (κ3) is 5.51. The maximum absolute atomic E-state index is 2.86. The van der Waals surface area contributed by atoms with Crippen molar-refractivity contribution >= 4 is 114 Å². The number of anilines is 2. The van der Waals surface area contributed by atoms with E-state index in [0.717, 1.165) is 29.6 Å². The lowest BCUT2D eigenvalue weighted by molar-refractivity contribution is -0.00509. The standard InChI is InChI=1S/C68H57BN2S2/c1-2-67(34-39-16-17-40(26-39)35-67)46-20-25-58-53(30-46)55-31-47(68-36-41-27-42(37-68)29-43(28-41)38-68)32-57-62(55)70(58)64-61-54(33-56-50-13-7-9-15-60(50)73-66(56)64)51-23-24-52-49-12-6-8-14-59(49)72-65(52)63(51)71(69(57)61)48-21-18-45(19-22-48)44-10-4-3-5-11-44/h3-15,18-25,30-33,39-43H,2,16-17,26-29,34-38H2,1H3. The van der Waals surface area contributed by atoms with Crippen LogP contribution < -0.4 is 15.7 Å². The van der Waals surface area contributed by atoms with E-state index in [4.69, 9.17) is 0 Å². The number of aromatic nitrogens is 1. The summed E-state index contributed by atoms with van der Waals surface area (Å²) in [7, 11) is 0. The molecule has 11 aromatic rings. The molecule has 5 heterocycles. The molecule has 8 aliphatic rings. The van der Waals surface area contributed by atoms with Gasteiger partial charge in [0, 0.05) is 53.0 Å². The van der Waals surface area contributed by atoms with Gasteiger partial charge in [-0.3, -0.25) is 0 Å². The van der Waals surface area contributed by atoms with Gasteiger partial charge in [-0.25, -0.2) is 0 Å². The van der Waals surface area contributed by atoms with Gasteiger partial charge in [0.2, 0.25) is 0 Å². The molecule has 2 atom stereocenters. The van der Waals surface area contributed by atoms with Gasteiger partial charge in [0.05, 0.1) is 31.8 Å². The van der Waals surface area contributed by atoms with Gasteiger partial charge >= 0.3 is 6.85 Å². The summed E-state index contributed by atoms with van der Waals surface area (Å²) in [6.45, 7) is 2.48. The fourth-order valence-corrected chi connectivity index (χ4v) is 20.8. The van der Waals surface area contributed by atoms with Crippen LogP contribution in [-0.2, 0) is 10.8 Å². The number of benzene rings is 8. The zero-order valence-corrected chi connectivity index (χ0v) is 43.2. The van der Waals surface area contributed by atoms with Crippen LogP contribution >= 0.6 is 22.7 Å². The topological polar surface area (TPSA) is 8.17 Å². The highest BCUT2D eigenvalue weighted by molar-refractivity contribution is 7.27. The van der Waals surface area contributed by atoms with Gasteiger partial charge in [-0.1, -0.05) is 123 Å². The number of rotatable bonds is 5. The zero-order valence-electron chi connectivity index (χ0n) is 41.6. The molecule has 73 heavy (non-hydrogen) atoms. The second-order valence-electron chi connectivity index (χ2n) is 24.6. The Morgan fingerprint density at radius 1 is 0.507 bits per heavy atom. The largest absolute Gasteiger partial charge is 0.375 e. The summed E-state index contributed by atoms with van der Waals surface area (Å²) in [6, 6.07) is 60.3. The molecule has 0 radical (unpaired) electrons. The first-order chi connectivity index (χ1) is 36.0. The molecular weight excluding hydrogens is 920 g/mol. The highest BCUT2D eigenvalue weighted by Crippen LogP contribution is 2.62. The van der Waals surface area contributed by atoms with Gasteiger partial charge in [0.15, 0.2) is 0 Å². The van der Waals surface area contributed by atoms with Crippen LogP contribution in [0.15, 0.2) is 152 Å². The monoisotopic (exact) mass is 976 g/mol. The van der Waals surface area contributed by atoms with E-state index in [1.165, 1.54) is 189 Å². The lowest BCUT2D eigenvalue weighted by atomic mass is 9.42. The average molecular weight is 977 g/mol. The normalized spacial score (nSPS) is 26.3. The van der Waals surface area contributed by atoms with E-state index < -0.39 is 0 Å². The minimum absolute atomic E-state index is 0.0332. The van der Waals surface area contributed by atoms with E-state index in [1.807, 2.05) is 22.7 Å². The van der Waals surface area contributed by atoms with Crippen LogP contribution in [0, 0.1) is 29.6 Å². The van der Waals surface area contributed by atoms with Gasteiger partial charge in [-0.2, -0.15) is 0 Å². The Hall–Kier alpha value is -6.14. The predicted molar refractivity (Wildman–Crippen MR) is 313 cm³/mol. The van der Waals surface area contributed by atoms with Crippen molar-refractivity contribution in [3.63, 3.8) is 0 Å². The molecule has 0 spiro atoms. The number of fused-ring (bicyclic) bond motifs is 17. The first-order valence-electron chi connectivity index (χ1n) is 28.0. The lowest BCUT2D eigenvalue weighted by Gasteiger charge is -2.57. The lowest BCUT2D eigenvalue weighted by Crippen LogP contribution is -2.61. The quantitative estimate of drug-likeness (QED) is 0.156. The highest BCUT2D eigenvalue weighted by Gasteiger charge is 2.53. The van der Waals surface area contributed by atoms with Crippen molar-refractivity contribution in [2.24, 2.45) is 29.6 Å². The Morgan fingerprint density at radius 2 is 1.14 bits per heavy atom. The summed E-state index contributed by atoms with van der Waals surface area (Å²) in [5.74, 6) is 4.36. The SMILES string of the molecule is CCC1(c2ccc3c(c2)c2cc(C45CC6CC(CC(C6)C4)C5)cc4c2n3-c2c3c(cc5c2sc2ccccc25)-c2ccc5c(sc6ccccc65)c2N(c2ccc(-c5ccccc5)cc2)B34)CC2CCC(C2)C1. The third-order valence-corrected chi connectivity index (χ3v) is 23.3. The van der Waals surface area contributed by atoms with Crippen molar-refractivity contribution in [2.75, 3.05) is 4.81 Å². The fraction of sp³-hybridized carbons (Fsp3) is 0.294. The first-order valence-corrected chi connectivity index (χ1v) is 29.6. The molecule has 19 rings (SSSR count). The van der Waals surface area contributed by atoms with E-state index in [9.17, 15) is 0 Å². The maximum atomic E-state index is 2.86. The summed E-state index contributed by atoms with van der Waals surface area (Å²) in [6.07, 6.45) is 16.7. The number of hydrogen-bond acceptors (Lipinski definition) is 3. The second-order valence-corrected chi connectivity index (χ2v) is 26.7. The summed E-state index contributed by atoms with van der Waals surface area (Å²) >= 11 is 4.01. The van der Waals surface area contributed by atoms with Gasteiger partial charge < -0.3 is 9.38 Å². The van der Waals surface area contributed by atoms with E-state index in [-0.39, 0.29) is 17.7 Å². The molecule has 2 aliphatic heterocycles. The summed E-state index contributed by atoms with van der Waals surface area (Å²) in [4.78, 5) is 2.86. The Bertz CT molecular complexity index is 4140. The van der Waals surface area contributed by atoms with E-state index in [1.54, 1.807) is 11.1 Å². The van der Waals surface area contributed by atoms with Crippen LogP contribution in [0.1, 0.15) is 95.1 Å². The van der Waals surface area contributed by atoms with Crippen molar-refractivity contribution in [1.29, 1.82) is 0 Å². The molecule has 8 aromatic carbocycles. The second kappa shape index (κ2) is 14.6. The highest BCUT2D eigenvalue weighted by atomic mass is 32.1. The fourth-order valence-electron chi connectivity index (χ4n) is 18.3. The van der Waals surface area contributed by atoms with Crippen molar-refractivity contribution in [1.82, 2.24) is 4.57 Å². The van der Waals surface area contributed by atoms with Crippen molar-refractivity contribution in [2.45, 2.75) is 94.8 Å². The number of hydrogen-bond donors (Lipinski definition) is 0. The molecule has 0 saturated heterocycles.